The fourth-order valence-electron chi connectivity index (χ4n) is 2.07. The summed E-state index contributed by atoms with van der Waals surface area (Å²) in [6.45, 7) is 7.09. The molecule has 1 aromatic heterocycles. The molecule has 3 nitrogen and oxygen atoms in total. The molecule has 2 rings (SSSR count). The maximum atomic E-state index is 5.86. The van der Waals surface area contributed by atoms with Gasteiger partial charge < -0.3 is 11.1 Å². The number of nitrogens with one attached hydrogen (secondary N) is 1. The second-order valence-corrected chi connectivity index (χ2v) is 6.03. The fourth-order valence-corrected chi connectivity index (χ4v) is 2.07. The minimum absolute atomic E-state index is 0.0872. The van der Waals surface area contributed by atoms with Gasteiger partial charge >= 0.3 is 0 Å². The molecule has 0 radical (unpaired) electrons. The molecule has 0 bridgehead atoms. The minimum Gasteiger partial charge on any atom is -0.362 e. The smallest absolute Gasteiger partial charge is 0.126 e. The van der Waals surface area contributed by atoms with E-state index in [9.17, 15) is 0 Å². The molecule has 0 aliphatic carbocycles. The summed E-state index contributed by atoms with van der Waals surface area (Å²) < 4.78 is 0. The number of rotatable bonds is 4. The van der Waals surface area contributed by atoms with Crippen molar-refractivity contribution in [3.8, 4) is 0 Å². The lowest BCUT2D eigenvalue weighted by Gasteiger charge is -2.21. The van der Waals surface area contributed by atoms with E-state index in [1.807, 2.05) is 30.5 Å². The number of hydrogen-bond acceptors (Lipinski definition) is 3. The summed E-state index contributed by atoms with van der Waals surface area (Å²) in [5.41, 5.74) is 8.39. The Morgan fingerprint density at radius 1 is 1.10 bits per heavy atom. The standard InChI is InChI=1S/C17H23N3/c1-17(2,3)14-9-10-16(19-12-14)20-15(11-18)13-7-5-4-6-8-13/h4-10,12,15H,11,18H2,1-3H3,(H,19,20). The summed E-state index contributed by atoms with van der Waals surface area (Å²) >= 11 is 0. The number of pyridine rings is 1. The van der Waals surface area contributed by atoms with Crippen LogP contribution in [-0.4, -0.2) is 11.5 Å². The van der Waals surface area contributed by atoms with Crippen LogP contribution >= 0.6 is 0 Å². The SMILES string of the molecule is CC(C)(C)c1ccc(NC(CN)c2ccccc2)nc1. The number of nitrogens with two attached hydrogens (primary N) is 1. The molecular formula is C17H23N3. The maximum absolute atomic E-state index is 5.86. The Balaban J connectivity index is 2.13. The van der Waals surface area contributed by atoms with E-state index in [4.69, 9.17) is 5.73 Å². The van der Waals surface area contributed by atoms with Crippen molar-refractivity contribution >= 4 is 5.82 Å². The first-order valence-corrected chi connectivity index (χ1v) is 6.99. The lowest BCUT2D eigenvalue weighted by molar-refractivity contribution is 0.587. The topological polar surface area (TPSA) is 50.9 Å². The van der Waals surface area contributed by atoms with E-state index < -0.39 is 0 Å². The third kappa shape index (κ3) is 3.58. The molecule has 1 atom stereocenters. The van der Waals surface area contributed by atoms with Gasteiger partial charge in [0.15, 0.2) is 0 Å². The molecule has 1 unspecified atom stereocenters. The van der Waals surface area contributed by atoms with E-state index in [2.05, 4.69) is 49.3 Å². The molecule has 1 heterocycles. The zero-order valence-corrected chi connectivity index (χ0v) is 12.4. The monoisotopic (exact) mass is 269 g/mol. The molecule has 0 fully saturated rings. The van der Waals surface area contributed by atoms with Gasteiger partial charge in [0, 0.05) is 12.7 Å². The van der Waals surface area contributed by atoms with Crippen LogP contribution in [-0.2, 0) is 5.41 Å². The van der Waals surface area contributed by atoms with E-state index in [0.29, 0.717) is 6.54 Å². The first-order chi connectivity index (χ1) is 9.50. The van der Waals surface area contributed by atoms with E-state index in [-0.39, 0.29) is 11.5 Å². The minimum atomic E-state index is 0.0872. The van der Waals surface area contributed by atoms with Gasteiger partial charge in [-0.3, -0.25) is 0 Å². The summed E-state index contributed by atoms with van der Waals surface area (Å²) in [6, 6.07) is 14.4. The average Bonchev–Trinajstić information content (AvgIpc) is 2.45. The van der Waals surface area contributed by atoms with Gasteiger partial charge in [-0.2, -0.15) is 0 Å². The highest BCUT2D eigenvalue weighted by Crippen LogP contribution is 2.23. The van der Waals surface area contributed by atoms with Crippen molar-refractivity contribution in [2.45, 2.75) is 32.2 Å². The van der Waals surface area contributed by atoms with Gasteiger partial charge in [0.2, 0.25) is 0 Å². The Hall–Kier alpha value is -1.87. The molecule has 0 aliphatic heterocycles. The molecule has 106 valence electrons. The molecule has 2 aromatic rings. The van der Waals surface area contributed by atoms with Gasteiger partial charge in [-0.15, -0.1) is 0 Å². The van der Waals surface area contributed by atoms with Crippen LogP contribution in [0.4, 0.5) is 5.82 Å². The number of anilines is 1. The summed E-state index contributed by atoms with van der Waals surface area (Å²) in [7, 11) is 0. The Kier molecular flexibility index (Phi) is 4.40. The summed E-state index contributed by atoms with van der Waals surface area (Å²) in [4.78, 5) is 4.49. The van der Waals surface area contributed by atoms with Gasteiger partial charge in [-0.25, -0.2) is 4.98 Å². The fraction of sp³-hybridized carbons (Fsp3) is 0.353. The number of nitrogens with zero attached hydrogens (tertiary/aromatic N) is 1. The second-order valence-electron chi connectivity index (χ2n) is 6.03. The zero-order valence-electron chi connectivity index (χ0n) is 12.4. The molecule has 20 heavy (non-hydrogen) atoms. The Morgan fingerprint density at radius 3 is 2.30 bits per heavy atom. The van der Waals surface area contributed by atoms with Crippen molar-refractivity contribution in [3.05, 3.63) is 59.8 Å². The van der Waals surface area contributed by atoms with Crippen molar-refractivity contribution in [2.24, 2.45) is 5.73 Å². The van der Waals surface area contributed by atoms with Crippen LogP contribution in [0.1, 0.15) is 37.9 Å². The second kappa shape index (κ2) is 6.06. The van der Waals surface area contributed by atoms with Gasteiger partial charge in [0.05, 0.1) is 6.04 Å². The van der Waals surface area contributed by atoms with Crippen LogP contribution in [0.25, 0.3) is 0 Å². The predicted molar refractivity (Wildman–Crippen MR) is 84.8 cm³/mol. The highest BCUT2D eigenvalue weighted by Gasteiger charge is 2.14. The van der Waals surface area contributed by atoms with Gasteiger partial charge in [0.25, 0.3) is 0 Å². The normalized spacial score (nSPS) is 13.0. The lowest BCUT2D eigenvalue weighted by atomic mass is 9.88. The molecule has 0 saturated carbocycles. The molecule has 0 spiro atoms. The molecule has 0 saturated heterocycles. The Labute approximate surface area is 121 Å². The quantitative estimate of drug-likeness (QED) is 0.893. The molecule has 0 amide bonds. The van der Waals surface area contributed by atoms with Gasteiger partial charge in [-0.05, 0) is 22.6 Å². The first-order valence-electron chi connectivity index (χ1n) is 6.99. The molecule has 1 aromatic carbocycles. The van der Waals surface area contributed by atoms with Crippen LogP contribution < -0.4 is 11.1 Å². The largest absolute Gasteiger partial charge is 0.362 e. The molecule has 3 N–H and O–H groups in total. The number of hydrogen-bond donors (Lipinski definition) is 2. The Morgan fingerprint density at radius 2 is 1.80 bits per heavy atom. The number of benzene rings is 1. The van der Waals surface area contributed by atoms with E-state index in [1.165, 1.54) is 11.1 Å². The van der Waals surface area contributed by atoms with Crippen molar-refractivity contribution in [3.63, 3.8) is 0 Å². The van der Waals surface area contributed by atoms with Crippen molar-refractivity contribution in [2.75, 3.05) is 11.9 Å². The maximum Gasteiger partial charge on any atom is 0.126 e. The molecule has 3 heteroatoms. The Bertz CT molecular complexity index is 526. The summed E-state index contributed by atoms with van der Waals surface area (Å²) in [5, 5.41) is 3.39. The van der Waals surface area contributed by atoms with Crippen LogP contribution in [0.5, 0.6) is 0 Å². The lowest BCUT2D eigenvalue weighted by Crippen LogP contribution is -2.21. The van der Waals surface area contributed by atoms with Crippen LogP contribution in [0.3, 0.4) is 0 Å². The summed E-state index contributed by atoms with van der Waals surface area (Å²) in [6.07, 6.45) is 1.93. The third-order valence-electron chi connectivity index (χ3n) is 3.39. The third-order valence-corrected chi connectivity index (χ3v) is 3.39. The zero-order chi connectivity index (χ0) is 14.6. The summed E-state index contributed by atoms with van der Waals surface area (Å²) in [5.74, 6) is 0.859. The van der Waals surface area contributed by atoms with Crippen LogP contribution in [0.2, 0.25) is 0 Å². The predicted octanol–water partition coefficient (Wildman–Crippen LogP) is 3.49. The van der Waals surface area contributed by atoms with Crippen LogP contribution in [0.15, 0.2) is 48.7 Å². The molecular weight excluding hydrogens is 246 g/mol. The molecule has 0 aliphatic rings. The highest BCUT2D eigenvalue weighted by atomic mass is 15.0. The van der Waals surface area contributed by atoms with Crippen molar-refractivity contribution in [1.29, 1.82) is 0 Å². The first kappa shape index (κ1) is 14.5. The van der Waals surface area contributed by atoms with Crippen molar-refractivity contribution in [1.82, 2.24) is 4.98 Å². The van der Waals surface area contributed by atoms with Crippen LogP contribution in [0, 0.1) is 0 Å². The van der Waals surface area contributed by atoms with E-state index in [0.717, 1.165) is 5.82 Å². The van der Waals surface area contributed by atoms with Gasteiger partial charge in [0.1, 0.15) is 5.82 Å². The average molecular weight is 269 g/mol. The van der Waals surface area contributed by atoms with Crippen molar-refractivity contribution < 1.29 is 0 Å². The number of aromatic nitrogens is 1. The van der Waals surface area contributed by atoms with E-state index in [1.54, 1.807) is 0 Å². The highest BCUT2D eigenvalue weighted by molar-refractivity contribution is 5.40. The van der Waals surface area contributed by atoms with E-state index >= 15 is 0 Å². The van der Waals surface area contributed by atoms with Gasteiger partial charge in [-0.1, -0.05) is 57.2 Å².